The van der Waals surface area contributed by atoms with Crippen LogP contribution in [-0.4, -0.2) is 19.9 Å². The van der Waals surface area contributed by atoms with Crippen molar-refractivity contribution in [3.05, 3.63) is 72.7 Å². The Hall–Kier alpha value is -3.23. The fourth-order valence-corrected chi connectivity index (χ4v) is 3.61. The molecule has 0 fully saturated rings. The van der Waals surface area contributed by atoms with E-state index in [9.17, 15) is 0 Å². The van der Waals surface area contributed by atoms with Gasteiger partial charge in [0.05, 0.1) is 18.3 Å². The molecule has 0 atom stereocenters. The lowest BCUT2D eigenvalue weighted by molar-refractivity contribution is 0.714. The molecule has 132 valence electrons. The van der Waals surface area contributed by atoms with Crippen molar-refractivity contribution in [3.8, 4) is 0 Å². The van der Waals surface area contributed by atoms with Gasteiger partial charge in [0.2, 0.25) is 0 Å². The Kier molecular flexibility index (Phi) is 4.04. The number of pyridine rings is 2. The van der Waals surface area contributed by atoms with Crippen molar-refractivity contribution in [3.63, 3.8) is 0 Å². The molecule has 0 saturated heterocycles. The molecule has 0 radical (unpaired) electrons. The zero-order chi connectivity index (χ0) is 18.1. The molecule has 0 spiro atoms. The van der Waals surface area contributed by atoms with Crippen LogP contribution in [0.15, 0.2) is 77.2 Å². The van der Waals surface area contributed by atoms with Crippen LogP contribution in [0.1, 0.15) is 5.56 Å². The highest BCUT2D eigenvalue weighted by molar-refractivity contribution is 7.99. The molecule has 1 aliphatic rings. The summed E-state index contributed by atoms with van der Waals surface area (Å²) in [6.07, 6.45) is 5.33. The van der Waals surface area contributed by atoms with Crippen LogP contribution in [0.5, 0.6) is 0 Å². The minimum Gasteiger partial charge on any atom is -0.285 e. The highest BCUT2D eigenvalue weighted by atomic mass is 32.2. The Morgan fingerprint density at radius 1 is 0.926 bits per heavy atom. The molecule has 0 unspecified atom stereocenters. The van der Waals surface area contributed by atoms with Crippen LogP contribution in [0, 0.1) is 0 Å². The van der Waals surface area contributed by atoms with Crippen molar-refractivity contribution < 1.29 is 0 Å². The second-order valence-corrected chi connectivity index (χ2v) is 7.04. The number of rotatable bonds is 4. The average molecular weight is 373 g/mol. The third-order valence-corrected chi connectivity index (χ3v) is 5.01. The van der Waals surface area contributed by atoms with E-state index in [0.717, 1.165) is 32.3 Å². The van der Waals surface area contributed by atoms with Gasteiger partial charge in [-0.3, -0.25) is 15.4 Å². The molecular formula is C19H15N7S. The first-order chi connectivity index (χ1) is 13.3. The lowest BCUT2D eigenvalue weighted by Gasteiger charge is -2.17. The van der Waals surface area contributed by atoms with E-state index in [-0.39, 0.29) is 0 Å². The van der Waals surface area contributed by atoms with Gasteiger partial charge in [-0.2, -0.15) is 0 Å². The fourth-order valence-electron chi connectivity index (χ4n) is 2.90. The number of benzene rings is 1. The summed E-state index contributed by atoms with van der Waals surface area (Å²) in [7, 11) is 0. The first kappa shape index (κ1) is 16.0. The quantitative estimate of drug-likeness (QED) is 0.563. The molecule has 1 aliphatic heterocycles. The van der Waals surface area contributed by atoms with Gasteiger partial charge < -0.3 is 0 Å². The standard InChI is InChI=1S/C19H15N7S/c1-2-8-21-16(5-1)27-17-11-22-18-19(23-17)26(25-24-18)12-13-6-7-15-14(10-13)4-3-9-20-15/h1-11,25H,12H2,(H,22,24). The number of nitrogens with one attached hydrogen (secondary N) is 2. The van der Waals surface area contributed by atoms with Crippen LogP contribution in [0.2, 0.25) is 0 Å². The molecule has 27 heavy (non-hydrogen) atoms. The molecule has 0 bridgehead atoms. The largest absolute Gasteiger partial charge is 0.285 e. The van der Waals surface area contributed by atoms with E-state index in [1.807, 2.05) is 35.3 Å². The Morgan fingerprint density at radius 2 is 1.89 bits per heavy atom. The van der Waals surface area contributed by atoms with E-state index < -0.39 is 0 Å². The third kappa shape index (κ3) is 3.27. The van der Waals surface area contributed by atoms with Gasteiger partial charge in [0.25, 0.3) is 0 Å². The van der Waals surface area contributed by atoms with E-state index in [1.165, 1.54) is 11.8 Å². The Morgan fingerprint density at radius 3 is 2.81 bits per heavy atom. The number of hydrogen-bond donors (Lipinski definition) is 2. The minimum atomic E-state index is 0.650. The molecule has 2 N–H and O–H groups in total. The van der Waals surface area contributed by atoms with Gasteiger partial charge in [-0.05, 0) is 47.7 Å². The molecule has 4 aromatic rings. The Balaban J connectivity index is 1.40. The predicted molar refractivity (Wildman–Crippen MR) is 105 cm³/mol. The summed E-state index contributed by atoms with van der Waals surface area (Å²) >= 11 is 1.49. The predicted octanol–water partition coefficient (Wildman–Crippen LogP) is 3.42. The van der Waals surface area contributed by atoms with E-state index in [2.05, 4.69) is 44.1 Å². The second kappa shape index (κ2) is 6.82. The highest BCUT2D eigenvalue weighted by Crippen LogP contribution is 2.31. The van der Waals surface area contributed by atoms with E-state index in [1.54, 1.807) is 18.6 Å². The Bertz CT molecular complexity index is 1100. The van der Waals surface area contributed by atoms with Crippen molar-refractivity contribution >= 4 is 34.3 Å². The van der Waals surface area contributed by atoms with Gasteiger partial charge in [0.1, 0.15) is 10.1 Å². The van der Waals surface area contributed by atoms with Crippen molar-refractivity contribution in [1.29, 1.82) is 0 Å². The lowest BCUT2D eigenvalue weighted by Crippen LogP contribution is -2.35. The second-order valence-electron chi connectivity index (χ2n) is 6.00. The summed E-state index contributed by atoms with van der Waals surface area (Å²) in [6.45, 7) is 0.650. The summed E-state index contributed by atoms with van der Waals surface area (Å²) in [5, 5.41) is 4.75. The number of hydrazine groups is 2. The van der Waals surface area contributed by atoms with Gasteiger partial charge in [-0.15, -0.1) is 5.53 Å². The van der Waals surface area contributed by atoms with Crippen LogP contribution >= 0.6 is 11.8 Å². The maximum Gasteiger partial charge on any atom is 0.190 e. The van der Waals surface area contributed by atoms with Gasteiger partial charge in [-0.25, -0.2) is 15.0 Å². The molecule has 1 aromatic carbocycles. The molecular weight excluding hydrogens is 358 g/mol. The normalized spacial score (nSPS) is 12.8. The average Bonchev–Trinajstić information content (AvgIpc) is 3.11. The number of hydrogen-bond acceptors (Lipinski definition) is 8. The van der Waals surface area contributed by atoms with Crippen molar-refractivity contribution in [2.24, 2.45) is 0 Å². The molecule has 0 amide bonds. The molecule has 8 heteroatoms. The summed E-state index contributed by atoms with van der Waals surface area (Å²) in [5.74, 6) is 1.48. The maximum atomic E-state index is 4.74. The first-order valence-corrected chi connectivity index (χ1v) is 9.26. The molecule has 3 aromatic heterocycles. The molecule has 4 heterocycles. The zero-order valence-electron chi connectivity index (χ0n) is 14.2. The number of nitrogens with zero attached hydrogens (tertiary/aromatic N) is 5. The Labute approximate surface area is 159 Å². The van der Waals surface area contributed by atoms with Gasteiger partial charge in [0.15, 0.2) is 11.6 Å². The lowest BCUT2D eigenvalue weighted by atomic mass is 10.1. The topological polar surface area (TPSA) is 78.9 Å². The summed E-state index contributed by atoms with van der Waals surface area (Å²) in [6, 6.07) is 16.1. The summed E-state index contributed by atoms with van der Waals surface area (Å²) in [5.41, 5.74) is 8.34. The van der Waals surface area contributed by atoms with Crippen molar-refractivity contribution in [1.82, 2.24) is 25.5 Å². The smallest absolute Gasteiger partial charge is 0.190 e. The van der Waals surface area contributed by atoms with Crippen LogP contribution in [0.25, 0.3) is 10.9 Å². The van der Waals surface area contributed by atoms with Crippen LogP contribution in [-0.2, 0) is 6.54 Å². The first-order valence-electron chi connectivity index (χ1n) is 8.44. The summed E-state index contributed by atoms with van der Waals surface area (Å²) in [4.78, 5) is 17.9. The van der Waals surface area contributed by atoms with Crippen molar-refractivity contribution in [2.75, 3.05) is 10.4 Å². The fraction of sp³-hybridized carbons (Fsp3) is 0.0526. The van der Waals surface area contributed by atoms with E-state index in [4.69, 9.17) is 4.98 Å². The van der Waals surface area contributed by atoms with Gasteiger partial charge >= 0.3 is 0 Å². The number of anilines is 2. The molecule has 5 rings (SSSR count). The molecule has 0 aliphatic carbocycles. The zero-order valence-corrected chi connectivity index (χ0v) is 15.0. The van der Waals surface area contributed by atoms with Gasteiger partial charge in [0, 0.05) is 17.8 Å². The minimum absolute atomic E-state index is 0.650. The van der Waals surface area contributed by atoms with Crippen LogP contribution in [0.3, 0.4) is 0 Å². The van der Waals surface area contributed by atoms with Crippen LogP contribution < -0.4 is 16.0 Å². The van der Waals surface area contributed by atoms with Crippen LogP contribution in [0.4, 0.5) is 11.6 Å². The highest BCUT2D eigenvalue weighted by Gasteiger charge is 2.22. The van der Waals surface area contributed by atoms with Crippen molar-refractivity contribution in [2.45, 2.75) is 16.6 Å². The molecule has 7 nitrogen and oxygen atoms in total. The summed E-state index contributed by atoms with van der Waals surface area (Å²) < 4.78 is 0. The number of aromatic nitrogens is 4. The number of fused-ring (bicyclic) bond motifs is 2. The monoisotopic (exact) mass is 373 g/mol. The van der Waals surface area contributed by atoms with E-state index in [0.29, 0.717) is 12.4 Å². The van der Waals surface area contributed by atoms with Gasteiger partial charge in [-0.1, -0.05) is 18.2 Å². The third-order valence-electron chi connectivity index (χ3n) is 4.15. The SMILES string of the molecule is c1ccc(Sc2cnc3c(n2)N(Cc2ccc4ncccc4c2)NN3)nc1. The van der Waals surface area contributed by atoms with E-state index >= 15 is 0 Å². The molecule has 0 saturated carbocycles. The maximum absolute atomic E-state index is 4.74.